The summed E-state index contributed by atoms with van der Waals surface area (Å²) >= 11 is 0. The lowest BCUT2D eigenvalue weighted by Crippen LogP contribution is -2.30. The van der Waals surface area contributed by atoms with Gasteiger partial charge in [-0.15, -0.1) is 0 Å². The molecule has 0 aliphatic carbocycles. The summed E-state index contributed by atoms with van der Waals surface area (Å²) in [5, 5.41) is 2.90. The van der Waals surface area contributed by atoms with E-state index in [9.17, 15) is 18.4 Å². The van der Waals surface area contributed by atoms with Crippen molar-refractivity contribution in [2.75, 3.05) is 11.1 Å². The molecule has 1 aromatic carbocycles. The van der Waals surface area contributed by atoms with Crippen molar-refractivity contribution in [3.63, 3.8) is 0 Å². The van der Waals surface area contributed by atoms with Crippen LogP contribution in [0.2, 0.25) is 0 Å². The maximum absolute atomic E-state index is 13.5. The van der Waals surface area contributed by atoms with Crippen molar-refractivity contribution in [1.82, 2.24) is 0 Å². The summed E-state index contributed by atoms with van der Waals surface area (Å²) in [6.45, 7) is 1.40. The Kier molecular flexibility index (Phi) is 8.02. The third kappa shape index (κ3) is 6.86. The summed E-state index contributed by atoms with van der Waals surface area (Å²) in [4.78, 5) is 23.7. The molecular formula is C17H21F2NO3S2. The topological polar surface area (TPSA) is 55.4 Å². The van der Waals surface area contributed by atoms with E-state index in [-0.39, 0.29) is 12.1 Å². The lowest BCUT2D eigenvalue weighted by atomic mass is 10.1. The number of nitrogens with one attached hydrogen (secondary N) is 1. The summed E-state index contributed by atoms with van der Waals surface area (Å²) in [5.41, 5.74) is -0.278. The molecule has 2 rings (SSSR count). The fourth-order valence-corrected chi connectivity index (χ4v) is 5.37. The minimum atomic E-state index is -1.07. The van der Waals surface area contributed by atoms with E-state index in [1.165, 1.54) is 19.1 Å². The number of ether oxygens (including phenoxy) is 1. The minimum Gasteiger partial charge on any atom is -0.453 e. The number of rotatable bonds is 8. The van der Waals surface area contributed by atoms with Gasteiger partial charge in [-0.2, -0.15) is 0 Å². The number of amides is 1. The first kappa shape index (κ1) is 20.0. The van der Waals surface area contributed by atoms with Gasteiger partial charge < -0.3 is 10.1 Å². The number of hydrogen-bond donors (Lipinski definition) is 1. The van der Waals surface area contributed by atoms with Crippen molar-refractivity contribution in [2.24, 2.45) is 0 Å². The molecule has 1 heterocycles. The monoisotopic (exact) mass is 389 g/mol. The molecule has 1 N–H and O–H groups in total. The van der Waals surface area contributed by atoms with Crippen molar-refractivity contribution in [2.45, 2.75) is 50.4 Å². The first-order valence-corrected chi connectivity index (χ1v) is 10.6. The average Bonchev–Trinajstić information content (AvgIpc) is 3.08. The summed E-state index contributed by atoms with van der Waals surface area (Å²) in [7, 11) is 3.80. The number of esters is 1. The van der Waals surface area contributed by atoms with Gasteiger partial charge in [0.25, 0.3) is 5.91 Å². The molecule has 1 aliphatic heterocycles. The molecule has 1 aromatic rings. The van der Waals surface area contributed by atoms with Crippen LogP contribution in [-0.2, 0) is 14.3 Å². The second-order valence-electron chi connectivity index (χ2n) is 5.82. The van der Waals surface area contributed by atoms with Crippen LogP contribution >= 0.6 is 21.6 Å². The molecule has 0 saturated carbocycles. The van der Waals surface area contributed by atoms with Crippen LogP contribution in [-0.4, -0.2) is 29.0 Å². The molecule has 8 heteroatoms. The van der Waals surface area contributed by atoms with Crippen LogP contribution in [0.15, 0.2) is 18.2 Å². The molecule has 0 aromatic heterocycles. The molecule has 2 atom stereocenters. The highest BCUT2D eigenvalue weighted by Crippen LogP contribution is 2.39. The second kappa shape index (κ2) is 10.0. The molecule has 0 radical (unpaired) electrons. The lowest BCUT2D eigenvalue weighted by molar-refractivity contribution is -0.153. The van der Waals surface area contributed by atoms with Gasteiger partial charge in [0.05, 0.1) is 5.69 Å². The molecule has 0 spiro atoms. The number of halogens is 2. The Hall–Kier alpha value is -1.28. The number of benzene rings is 1. The average molecular weight is 389 g/mol. The van der Waals surface area contributed by atoms with Crippen molar-refractivity contribution in [3.05, 3.63) is 29.8 Å². The summed E-state index contributed by atoms with van der Waals surface area (Å²) in [6.07, 6.45) is 3.14. The Labute approximate surface area is 153 Å². The maximum atomic E-state index is 13.5. The van der Waals surface area contributed by atoms with E-state index >= 15 is 0 Å². The fraction of sp³-hybridized carbons (Fsp3) is 0.529. The first-order chi connectivity index (χ1) is 12.0. The predicted octanol–water partition coefficient (Wildman–Crippen LogP) is 4.55. The van der Waals surface area contributed by atoms with Crippen LogP contribution in [0.25, 0.3) is 0 Å². The smallest absolute Gasteiger partial charge is 0.306 e. The zero-order chi connectivity index (χ0) is 18.2. The predicted molar refractivity (Wildman–Crippen MR) is 97.5 cm³/mol. The highest BCUT2D eigenvalue weighted by atomic mass is 33.1. The van der Waals surface area contributed by atoms with Gasteiger partial charge in [0.2, 0.25) is 0 Å². The second-order valence-corrected chi connectivity index (χ2v) is 8.61. The zero-order valence-corrected chi connectivity index (χ0v) is 15.6. The minimum absolute atomic E-state index is 0.247. The van der Waals surface area contributed by atoms with E-state index in [2.05, 4.69) is 5.32 Å². The first-order valence-electron chi connectivity index (χ1n) is 8.19. The van der Waals surface area contributed by atoms with Gasteiger partial charge in [0.15, 0.2) is 6.10 Å². The van der Waals surface area contributed by atoms with Gasteiger partial charge in [-0.25, -0.2) is 8.78 Å². The van der Waals surface area contributed by atoms with Crippen LogP contribution in [0.1, 0.15) is 39.0 Å². The summed E-state index contributed by atoms with van der Waals surface area (Å²) < 4.78 is 31.6. The molecule has 1 aliphatic rings. The van der Waals surface area contributed by atoms with Gasteiger partial charge in [-0.05, 0) is 38.3 Å². The Morgan fingerprint density at radius 3 is 2.88 bits per heavy atom. The molecule has 0 bridgehead atoms. The molecule has 25 heavy (non-hydrogen) atoms. The van der Waals surface area contributed by atoms with E-state index in [4.69, 9.17) is 4.74 Å². The third-order valence-electron chi connectivity index (χ3n) is 3.75. The van der Waals surface area contributed by atoms with Crippen LogP contribution in [0.4, 0.5) is 14.5 Å². The maximum Gasteiger partial charge on any atom is 0.306 e. The lowest BCUT2D eigenvalue weighted by Gasteiger charge is -2.14. The quantitative estimate of drug-likeness (QED) is 0.402. The Balaban J connectivity index is 1.68. The van der Waals surface area contributed by atoms with E-state index in [0.717, 1.165) is 31.0 Å². The largest absolute Gasteiger partial charge is 0.453 e. The number of hydrogen-bond acceptors (Lipinski definition) is 5. The SMILES string of the molecule is C[C@H](OC(=O)CCCC[C@H]1CCSS1)C(=O)Nc1cc(F)ccc1F. The highest BCUT2D eigenvalue weighted by molar-refractivity contribution is 8.77. The molecule has 1 saturated heterocycles. The van der Waals surface area contributed by atoms with E-state index in [0.29, 0.717) is 11.7 Å². The molecule has 4 nitrogen and oxygen atoms in total. The zero-order valence-electron chi connectivity index (χ0n) is 13.9. The molecule has 0 unspecified atom stereocenters. The Bertz CT molecular complexity index is 610. The highest BCUT2D eigenvalue weighted by Gasteiger charge is 2.20. The van der Waals surface area contributed by atoms with E-state index in [1.54, 1.807) is 0 Å². The molecule has 1 fully saturated rings. The molecular weight excluding hydrogens is 368 g/mol. The number of anilines is 1. The Morgan fingerprint density at radius 2 is 2.16 bits per heavy atom. The van der Waals surface area contributed by atoms with Gasteiger partial charge in [-0.3, -0.25) is 9.59 Å². The normalized spacial score (nSPS) is 18.0. The van der Waals surface area contributed by atoms with E-state index in [1.807, 2.05) is 21.6 Å². The molecule has 138 valence electrons. The van der Waals surface area contributed by atoms with Gasteiger partial charge in [0.1, 0.15) is 11.6 Å². The fourth-order valence-electron chi connectivity index (χ4n) is 2.34. The van der Waals surface area contributed by atoms with Gasteiger partial charge in [0, 0.05) is 23.5 Å². The van der Waals surface area contributed by atoms with Crippen molar-refractivity contribution < 1.29 is 23.1 Å². The van der Waals surface area contributed by atoms with Crippen molar-refractivity contribution in [3.8, 4) is 0 Å². The van der Waals surface area contributed by atoms with Crippen molar-refractivity contribution in [1.29, 1.82) is 0 Å². The summed E-state index contributed by atoms with van der Waals surface area (Å²) in [5.74, 6) is -1.39. The van der Waals surface area contributed by atoms with Crippen LogP contribution in [0.5, 0.6) is 0 Å². The third-order valence-corrected chi connectivity index (χ3v) is 6.75. The van der Waals surface area contributed by atoms with Crippen LogP contribution in [0, 0.1) is 11.6 Å². The van der Waals surface area contributed by atoms with E-state index < -0.39 is 29.6 Å². The van der Waals surface area contributed by atoms with Crippen molar-refractivity contribution >= 4 is 39.2 Å². The van der Waals surface area contributed by atoms with Crippen LogP contribution < -0.4 is 5.32 Å². The van der Waals surface area contributed by atoms with Gasteiger partial charge >= 0.3 is 5.97 Å². The molecule has 1 amide bonds. The number of unbranched alkanes of at least 4 members (excludes halogenated alkanes) is 1. The van der Waals surface area contributed by atoms with Crippen LogP contribution in [0.3, 0.4) is 0 Å². The standard InChI is InChI=1S/C17H21F2NO3S2/c1-11(17(22)20-15-10-12(18)6-7-14(15)19)23-16(21)5-3-2-4-13-8-9-24-25-13/h6-7,10-11,13H,2-5,8-9H2,1H3,(H,20,22)/t11-,13-/m0/s1. The number of carbonyl (C=O) groups excluding carboxylic acids is 2. The Morgan fingerprint density at radius 1 is 1.36 bits per heavy atom. The van der Waals surface area contributed by atoms with Gasteiger partial charge in [-0.1, -0.05) is 28.0 Å². The summed E-state index contributed by atoms with van der Waals surface area (Å²) in [6, 6.07) is 2.75. The number of carbonyl (C=O) groups is 2.